The standard InChI is InChI=1S/C14H26O3/c1-7-13(5,10-17-12(4)16)9-14(6,8-2)11(3)15/h7-10H2,1-6H3. The molecule has 3 nitrogen and oxygen atoms in total. The highest BCUT2D eigenvalue weighted by Gasteiger charge is 2.37. The molecule has 0 aliphatic heterocycles. The zero-order chi connectivity index (χ0) is 13.7. The molecule has 0 saturated heterocycles. The Morgan fingerprint density at radius 1 is 1.06 bits per heavy atom. The van der Waals surface area contributed by atoms with Crippen molar-refractivity contribution in [2.75, 3.05) is 6.61 Å². The smallest absolute Gasteiger partial charge is 0.302 e. The maximum atomic E-state index is 11.7. The molecule has 0 heterocycles. The number of carbonyl (C=O) groups excluding carboxylic acids is 2. The molecule has 3 heteroatoms. The summed E-state index contributed by atoms with van der Waals surface area (Å²) < 4.78 is 5.12. The third kappa shape index (κ3) is 4.88. The molecule has 17 heavy (non-hydrogen) atoms. The summed E-state index contributed by atoms with van der Waals surface area (Å²) in [4.78, 5) is 22.6. The zero-order valence-electron chi connectivity index (χ0n) is 12.1. The van der Waals surface area contributed by atoms with Gasteiger partial charge in [0.15, 0.2) is 0 Å². The highest BCUT2D eigenvalue weighted by atomic mass is 16.5. The maximum Gasteiger partial charge on any atom is 0.302 e. The molecule has 0 rings (SSSR count). The topological polar surface area (TPSA) is 43.4 Å². The van der Waals surface area contributed by atoms with Crippen molar-refractivity contribution in [1.29, 1.82) is 0 Å². The molecule has 0 radical (unpaired) electrons. The largest absolute Gasteiger partial charge is 0.465 e. The van der Waals surface area contributed by atoms with Crippen LogP contribution in [0.1, 0.15) is 60.8 Å². The molecular weight excluding hydrogens is 216 g/mol. The molecule has 0 aromatic heterocycles. The predicted molar refractivity (Wildman–Crippen MR) is 68.7 cm³/mol. The van der Waals surface area contributed by atoms with Gasteiger partial charge in [0.25, 0.3) is 0 Å². The van der Waals surface area contributed by atoms with Crippen LogP contribution in [0.15, 0.2) is 0 Å². The monoisotopic (exact) mass is 242 g/mol. The van der Waals surface area contributed by atoms with Crippen molar-refractivity contribution in [2.45, 2.75) is 60.8 Å². The summed E-state index contributed by atoms with van der Waals surface area (Å²) in [6.07, 6.45) is 2.47. The molecule has 0 aliphatic rings. The Labute approximate surface area is 105 Å². The van der Waals surface area contributed by atoms with Crippen molar-refractivity contribution in [3.8, 4) is 0 Å². The number of esters is 1. The lowest BCUT2D eigenvalue weighted by atomic mass is 9.69. The van der Waals surface area contributed by atoms with Crippen LogP contribution in [-0.4, -0.2) is 18.4 Å². The van der Waals surface area contributed by atoms with Gasteiger partial charge in [-0.3, -0.25) is 9.59 Å². The summed E-state index contributed by atoms with van der Waals surface area (Å²) >= 11 is 0. The minimum Gasteiger partial charge on any atom is -0.465 e. The van der Waals surface area contributed by atoms with E-state index in [0.29, 0.717) is 6.61 Å². The first kappa shape index (κ1) is 16.1. The van der Waals surface area contributed by atoms with Crippen LogP contribution in [0.25, 0.3) is 0 Å². The Morgan fingerprint density at radius 3 is 1.88 bits per heavy atom. The zero-order valence-corrected chi connectivity index (χ0v) is 12.1. The van der Waals surface area contributed by atoms with Crippen molar-refractivity contribution >= 4 is 11.8 Å². The quantitative estimate of drug-likeness (QED) is 0.643. The van der Waals surface area contributed by atoms with Crippen LogP contribution in [0.2, 0.25) is 0 Å². The van der Waals surface area contributed by atoms with Gasteiger partial charge in [-0.05, 0) is 26.2 Å². The molecule has 0 aromatic carbocycles. The summed E-state index contributed by atoms with van der Waals surface area (Å²) in [6.45, 7) is 11.6. The minimum absolute atomic E-state index is 0.123. The van der Waals surface area contributed by atoms with Crippen LogP contribution in [0.4, 0.5) is 0 Å². The van der Waals surface area contributed by atoms with E-state index in [4.69, 9.17) is 4.74 Å². The number of ether oxygens (including phenoxy) is 1. The van der Waals surface area contributed by atoms with Crippen LogP contribution >= 0.6 is 0 Å². The second-order valence-corrected chi connectivity index (χ2v) is 5.59. The summed E-state index contributed by atoms with van der Waals surface area (Å²) in [7, 11) is 0. The SMILES string of the molecule is CCC(C)(COC(C)=O)CC(C)(CC)C(C)=O. The third-order valence-corrected chi connectivity index (χ3v) is 3.92. The normalized spacial score (nSPS) is 18.0. The molecule has 2 atom stereocenters. The van der Waals surface area contributed by atoms with Gasteiger partial charge in [0.05, 0.1) is 6.61 Å². The fraction of sp³-hybridized carbons (Fsp3) is 0.857. The second kappa shape index (κ2) is 6.18. The first-order valence-corrected chi connectivity index (χ1v) is 6.33. The van der Waals surface area contributed by atoms with E-state index >= 15 is 0 Å². The lowest BCUT2D eigenvalue weighted by Gasteiger charge is -2.36. The molecule has 0 spiro atoms. The van der Waals surface area contributed by atoms with E-state index < -0.39 is 0 Å². The van der Waals surface area contributed by atoms with Crippen LogP contribution in [0.3, 0.4) is 0 Å². The van der Waals surface area contributed by atoms with Gasteiger partial charge in [-0.2, -0.15) is 0 Å². The van der Waals surface area contributed by atoms with Gasteiger partial charge in [0.1, 0.15) is 5.78 Å². The van der Waals surface area contributed by atoms with Gasteiger partial charge in [0, 0.05) is 17.8 Å². The molecule has 0 saturated carbocycles. The molecule has 0 aliphatic carbocycles. The Morgan fingerprint density at radius 2 is 1.59 bits per heavy atom. The van der Waals surface area contributed by atoms with Crippen molar-refractivity contribution in [3.05, 3.63) is 0 Å². The average molecular weight is 242 g/mol. The van der Waals surface area contributed by atoms with Gasteiger partial charge < -0.3 is 4.74 Å². The van der Waals surface area contributed by atoms with E-state index in [2.05, 4.69) is 13.8 Å². The van der Waals surface area contributed by atoms with Gasteiger partial charge in [0.2, 0.25) is 0 Å². The van der Waals surface area contributed by atoms with Crippen molar-refractivity contribution in [1.82, 2.24) is 0 Å². The minimum atomic E-state index is -0.315. The average Bonchev–Trinajstić information content (AvgIpc) is 2.26. The molecule has 0 aromatic rings. The fourth-order valence-electron chi connectivity index (χ4n) is 1.99. The van der Waals surface area contributed by atoms with Gasteiger partial charge in [-0.25, -0.2) is 0 Å². The first-order chi connectivity index (χ1) is 7.69. The molecule has 0 N–H and O–H groups in total. The highest BCUT2D eigenvalue weighted by molar-refractivity contribution is 5.81. The molecule has 2 unspecified atom stereocenters. The number of Topliss-reactive ketones (excluding diaryl/α,β-unsaturated/α-hetero) is 1. The lowest BCUT2D eigenvalue weighted by molar-refractivity contribution is -0.145. The molecule has 100 valence electrons. The Kier molecular flexibility index (Phi) is 5.86. The summed E-state index contributed by atoms with van der Waals surface area (Å²) in [6, 6.07) is 0. The molecule has 0 fully saturated rings. The van der Waals surface area contributed by atoms with E-state index in [9.17, 15) is 9.59 Å². The van der Waals surface area contributed by atoms with E-state index in [-0.39, 0.29) is 22.6 Å². The Balaban J connectivity index is 4.76. The maximum absolute atomic E-state index is 11.7. The van der Waals surface area contributed by atoms with E-state index in [0.717, 1.165) is 19.3 Å². The van der Waals surface area contributed by atoms with Crippen LogP contribution in [0.5, 0.6) is 0 Å². The molecule has 0 amide bonds. The van der Waals surface area contributed by atoms with Gasteiger partial charge in [-0.1, -0.05) is 27.7 Å². The van der Waals surface area contributed by atoms with E-state index in [1.165, 1.54) is 6.92 Å². The summed E-state index contributed by atoms with van der Waals surface area (Å²) in [5.74, 6) is -0.0480. The Hall–Kier alpha value is -0.860. The van der Waals surface area contributed by atoms with Gasteiger partial charge in [-0.15, -0.1) is 0 Å². The van der Waals surface area contributed by atoms with Crippen LogP contribution in [0, 0.1) is 10.8 Å². The number of hydrogen-bond acceptors (Lipinski definition) is 3. The lowest BCUT2D eigenvalue weighted by Crippen LogP contribution is -2.35. The second-order valence-electron chi connectivity index (χ2n) is 5.59. The Bertz CT molecular complexity index is 285. The summed E-state index contributed by atoms with van der Waals surface area (Å²) in [5, 5.41) is 0. The summed E-state index contributed by atoms with van der Waals surface area (Å²) in [5.41, 5.74) is -0.437. The first-order valence-electron chi connectivity index (χ1n) is 6.33. The third-order valence-electron chi connectivity index (χ3n) is 3.92. The van der Waals surface area contributed by atoms with Crippen molar-refractivity contribution < 1.29 is 14.3 Å². The predicted octanol–water partition coefficient (Wildman–Crippen LogP) is 3.36. The number of rotatable bonds is 7. The fourth-order valence-corrected chi connectivity index (χ4v) is 1.99. The van der Waals surface area contributed by atoms with Crippen LogP contribution < -0.4 is 0 Å². The van der Waals surface area contributed by atoms with Gasteiger partial charge >= 0.3 is 5.97 Å². The van der Waals surface area contributed by atoms with Crippen molar-refractivity contribution in [2.24, 2.45) is 10.8 Å². The molecule has 0 bridgehead atoms. The van der Waals surface area contributed by atoms with E-state index in [1.807, 2.05) is 13.8 Å². The number of hydrogen-bond donors (Lipinski definition) is 0. The molecular formula is C14H26O3. The van der Waals surface area contributed by atoms with Crippen LogP contribution in [-0.2, 0) is 14.3 Å². The number of carbonyl (C=O) groups is 2. The van der Waals surface area contributed by atoms with E-state index in [1.54, 1.807) is 6.92 Å². The van der Waals surface area contributed by atoms with Crippen molar-refractivity contribution in [3.63, 3.8) is 0 Å². The number of ketones is 1. The highest BCUT2D eigenvalue weighted by Crippen LogP contribution is 2.39.